The van der Waals surface area contributed by atoms with E-state index in [-0.39, 0.29) is 18.2 Å². The highest BCUT2D eigenvalue weighted by Gasteiger charge is 2.55. The van der Waals surface area contributed by atoms with E-state index in [0.717, 1.165) is 34.9 Å². The average molecular weight is 441 g/mol. The number of hydrogen-bond acceptors (Lipinski definition) is 4. The third kappa shape index (κ3) is 2.61. The number of rotatable bonds is 2. The van der Waals surface area contributed by atoms with E-state index in [0.29, 0.717) is 31.1 Å². The standard InChI is InChI=1S/C24H18F3NO4/c25-24(26,27)21-6-5-15(32-21)13-28-18-4-2-1-3-16(18)23(22(28)29)8-10-31-20-12-19-14(7-9-30-19)11-17(20)23/h1-6,11-12H,7-10,13H2. The van der Waals surface area contributed by atoms with Crippen LogP contribution in [0.3, 0.4) is 0 Å². The molecule has 0 aliphatic carbocycles. The van der Waals surface area contributed by atoms with Gasteiger partial charge in [-0.3, -0.25) is 4.79 Å². The smallest absolute Gasteiger partial charge is 0.449 e. The number of para-hydroxylation sites is 1. The number of benzene rings is 2. The van der Waals surface area contributed by atoms with E-state index < -0.39 is 17.4 Å². The van der Waals surface area contributed by atoms with Crippen molar-refractivity contribution >= 4 is 11.6 Å². The van der Waals surface area contributed by atoms with Gasteiger partial charge >= 0.3 is 6.18 Å². The number of halogens is 3. The Kier molecular flexibility index (Phi) is 3.94. The highest BCUT2D eigenvalue weighted by molar-refractivity contribution is 6.11. The second-order valence-electron chi connectivity index (χ2n) is 8.23. The van der Waals surface area contributed by atoms with Gasteiger partial charge in [0.1, 0.15) is 22.7 Å². The van der Waals surface area contributed by atoms with Crippen LogP contribution in [0.1, 0.15) is 34.6 Å². The normalized spacial score (nSPS) is 21.2. The summed E-state index contributed by atoms with van der Waals surface area (Å²) in [5.74, 6) is 0.194. The molecule has 2 aromatic carbocycles. The topological polar surface area (TPSA) is 51.9 Å². The van der Waals surface area contributed by atoms with Crippen molar-refractivity contribution in [2.45, 2.75) is 31.0 Å². The van der Waals surface area contributed by atoms with E-state index in [4.69, 9.17) is 13.9 Å². The predicted molar refractivity (Wildman–Crippen MR) is 108 cm³/mol. The summed E-state index contributed by atoms with van der Waals surface area (Å²) in [4.78, 5) is 15.5. The minimum Gasteiger partial charge on any atom is -0.493 e. The Morgan fingerprint density at radius 2 is 1.78 bits per heavy atom. The van der Waals surface area contributed by atoms with Crippen LogP contribution in [0.2, 0.25) is 0 Å². The molecule has 1 aromatic heterocycles. The zero-order chi connectivity index (χ0) is 22.1. The molecule has 1 atom stereocenters. The van der Waals surface area contributed by atoms with Gasteiger partial charge in [-0.05, 0) is 35.4 Å². The maximum Gasteiger partial charge on any atom is 0.449 e. The molecule has 164 valence electrons. The molecule has 4 heterocycles. The fourth-order valence-corrected chi connectivity index (χ4v) is 5.06. The van der Waals surface area contributed by atoms with Gasteiger partial charge in [0.05, 0.1) is 19.8 Å². The van der Waals surface area contributed by atoms with Crippen LogP contribution in [0, 0.1) is 0 Å². The van der Waals surface area contributed by atoms with Gasteiger partial charge in [-0.2, -0.15) is 13.2 Å². The van der Waals surface area contributed by atoms with Crippen LogP contribution in [-0.2, 0) is 29.4 Å². The van der Waals surface area contributed by atoms with E-state index in [1.165, 1.54) is 11.0 Å². The summed E-state index contributed by atoms with van der Waals surface area (Å²) < 4.78 is 55.6. The van der Waals surface area contributed by atoms with Gasteiger partial charge in [-0.15, -0.1) is 0 Å². The molecule has 0 fully saturated rings. The van der Waals surface area contributed by atoms with Crippen molar-refractivity contribution in [2.75, 3.05) is 18.1 Å². The van der Waals surface area contributed by atoms with Gasteiger partial charge in [0.25, 0.3) is 0 Å². The summed E-state index contributed by atoms with van der Waals surface area (Å²) in [6.07, 6.45) is -3.38. The zero-order valence-corrected chi connectivity index (χ0v) is 16.9. The quantitative estimate of drug-likeness (QED) is 0.571. The lowest BCUT2D eigenvalue weighted by Crippen LogP contribution is -2.44. The van der Waals surface area contributed by atoms with Crippen LogP contribution >= 0.6 is 0 Å². The van der Waals surface area contributed by atoms with Crippen molar-refractivity contribution in [3.63, 3.8) is 0 Å². The van der Waals surface area contributed by atoms with Crippen LogP contribution in [0.4, 0.5) is 18.9 Å². The van der Waals surface area contributed by atoms with E-state index in [1.807, 2.05) is 36.4 Å². The minimum atomic E-state index is -4.57. The van der Waals surface area contributed by atoms with Crippen molar-refractivity contribution in [2.24, 2.45) is 0 Å². The van der Waals surface area contributed by atoms with Gasteiger partial charge < -0.3 is 18.8 Å². The van der Waals surface area contributed by atoms with Crippen LogP contribution in [0.5, 0.6) is 11.5 Å². The van der Waals surface area contributed by atoms with Gasteiger partial charge in [0, 0.05) is 30.2 Å². The largest absolute Gasteiger partial charge is 0.493 e. The fraction of sp³-hybridized carbons (Fsp3) is 0.292. The molecule has 0 radical (unpaired) electrons. The molecule has 1 spiro atoms. The van der Waals surface area contributed by atoms with Gasteiger partial charge in [-0.1, -0.05) is 18.2 Å². The summed E-state index contributed by atoms with van der Waals surface area (Å²) in [6, 6.07) is 13.4. The molecule has 5 nitrogen and oxygen atoms in total. The maximum absolute atomic E-state index is 14.0. The monoisotopic (exact) mass is 441 g/mol. The van der Waals surface area contributed by atoms with Gasteiger partial charge in [-0.25, -0.2) is 0 Å². The number of carbonyl (C=O) groups excluding carboxylic acids is 1. The first kappa shape index (κ1) is 19.3. The first-order chi connectivity index (χ1) is 15.4. The van der Waals surface area contributed by atoms with E-state index in [9.17, 15) is 18.0 Å². The Morgan fingerprint density at radius 1 is 0.969 bits per heavy atom. The van der Waals surface area contributed by atoms with Crippen molar-refractivity contribution in [3.8, 4) is 11.5 Å². The number of carbonyl (C=O) groups is 1. The Hall–Kier alpha value is -3.42. The Bertz CT molecular complexity index is 1250. The molecule has 3 aliphatic rings. The first-order valence-corrected chi connectivity index (χ1v) is 10.4. The Balaban J connectivity index is 1.46. The van der Waals surface area contributed by atoms with Crippen LogP contribution in [-0.4, -0.2) is 19.1 Å². The molecule has 6 rings (SSSR count). The second kappa shape index (κ2) is 6.54. The molecule has 32 heavy (non-hydrogen) atoms. The third-order valence-electron chi connectivity index (χ3n) is 6.51. The van der Waals surface area contributed by atoms with E-state index in [1.54, 1.807) is 0 Å². The summed E-state index contributed by atoms with van der Waals surface area (Å²) >= 11 is 0. The number of alkyl halides is 3. The number of anilines is 1. The highest BCUT2D eigenvalue weighted by atomic mass is 19.4. The van der Waals surface area contributed by atoms with Crippen molar-refractivity contribution in [1.82, 2.24) is 0 Å². The Labute approximate surface area is 181 Å². The van der Waals surface area contributed by atoms with Gasteiger partial charge in [0.15, 0.2) is 0 Å². The molecule has 1 amide bonds. The van der Waals surface area contributed by atoms with E-state index >= 15 is 0 Å². The zero-order valence-electron chi connectivity index (χ0n) is 16.9. The third-order valence-corrected chi connectivity index (χ3v) is 6.51. The SMILES string of the molecule is O=C1N(Cc2ccc(C(F)(F)F)o2)c2ccccc2C12CCOc1cc3c(cc12)CCO3. The number of amides is 1. The Morgan fingerprint density at radius 3 is 2.59 bits per heavy atom. The molecule has 3 aliphatic heterocycles. The molecule has 1 unspecified atom stereocenters. The lowest BCUT2D eigenvalue weighted by molar-refractivity contribution is -0.153. The van der Waals surface area contributed by atoms with Crippen molar-refractivity contribution < 1.29 is 31.9 Å². The fourth-order valence-electron chi connectivity index (χ4n) is 5.06. The first-order valence-electron chi connectivity index (χ1n) is 10.4. The van der Waals surface area contributed by atoms with Crippen molar-refractivity contribution in [3.05, 3.63) is 76.7 Å². The van der Waals surface area contributed by atoms with Crippen LogP contribution in [0.15, 0.2) is 52.9 Å². The molecular formula is C24H18F3NO4. The number of hydrogen-bond donors (Lipinski definition) is 0. The summed E-state index contributed by atoms with van der Waals surface area (Å²) in [7, 11) is 0. The van der Waals surface area contributed by atoms with Crippen LogP contribution < -0.4 is 14.4 Å². The number of furan rings is 1. The lowest BCUT2D eigenvalue weighted by Gasteiger charge is -2.35. The molecule has 0 bridgehead atoms. The van der Waals surface area contributed by atoms with Crippen LogP contribution in [0.25, 0.3) is 0 Å². The molecule has 8 heteroatoms. The second-order valence-corrected chi connectivity index (χ2v) is 8.23. The predicted octanol–water partition coefficient (Wildman–Crippen LogP) is 4.85. The van der Waals surface area contributed by atoms with E-state index in [2.05, 4.69) is 0 Å². The molecule has 3 aromatic rings. The lowest BCUT2D eigenvalue weighted by atomic mass is 9.71. The number of nitrogens with zero attached hydrogens (tertiary/aromatic N) is 1. The minimum absolute atomic E-state index is 0.0761. The summed E-state index contributed by atoms with van der Waals surface area (Å²) in [5, 5.41) is 0. The number of fused-ring (bicyclic) bond motifs is 5. The molecule has 0 saturated carbocycles. The maximum atomic E-state index is 14.0. The summed E-state index contributed by atoms with van der Waals surface area (Å²) in [5.41, 5.74) is 2.35. The summed E-state index contributed by atoms with van der Waals surface area (Å²) in [6.45, 7) is 0.846. The highest BCUT2D eigenvalue weighted by Crippen LogP contribution is 2.54. The molecular weight excluding hydrogens is 423 g/mol. The molecule has 0 saturated heterocycles. The molecule has 0 N–H and O–H groups in total. The average Bonchev–Trinajstić information content (AvgIpc) is 3.48. The van der Waals surface area contributed by atoms with Gasteiger partial charge in [0.2, 0.25) is 11.7 Å². The number of ether oxygens (including phenoxy) is 2. The van der Waals surface area contributed by atoms with Crippen molar-refractivity contribution in [1.29, 1.82) is 0 Å².